The summed E-state index contributed by atoms with van der Waals surface area (Å²) in [7, 11) is 1.77. The quantitative estimate of drug-likeness (QED) is 0.381. The zero-order valence-corrected chi connectivity index (χ0v) is 19.7. The number of nitrogens with zero attached hydrogens (tertiary/aromatic N) is 5. The number of amides is 1. The lowest BCUT2D eigenvalue weighted by Crippen LogP contribution is -2.54. The number of hydrogen-bond donors (Lipinski definition) is 1. The standard InChI is InChI=1S/C22H28N6O.HI/c1-23-22(27-14-12-26(13-15-27)20-8-4-5-10-24-20)25-16-21(29)28-11-9-18-6-2-3-7-19(18)17-28;/h2-8,10H,9,11-17H2,1H3,(H,23,25);1H. The molecule has 1 N–H and O–H groups in total. The van der Waals surface area contributed by atoms with Gasteiger partial charge in [0.25, 0.3) is 0 Å². The van der Waals surface area contributed by atoms with Crippen LogP contribution in [0.25, 0.3) is 0 Å². The van der Waals surface area contributed by atoms with Gasteiger partial charge in [0.2, 0.25) is 5.91 Å². The second-order valence-corrected chi connectivity index (χ2v) is 7.40. The average Bonchev–Trinajstić information content (AvgIpc) is 2.80. The molecule has 0 saturated carbocycles. The van der Waals surface area contributed by atoms with Crippen LogP contribution in [0.1, 0.15) is 11.1 Å². The fraction of sp³-hybridized carbons (Fsp3) is 0.409. The third kappa shape index (κ3) is 5.21. The van der Waals surface area contributed by atoms with E-state index in [1.807, 2.05) is 35.4 Å². The second kappa shape index (κ2) is 10.6. The van der Waals surface area contributed by atoms with E-state index in [1.165, 1.54) is 11.1 Å². The van der Waals surface area contributed by atoms with E-state index in [0.717, 1.165) is 50.9 Å². The van der Waals surface area contributed by atoms with Gasteiger partial charge in [-0.3, -0.25) is 9.79 Å². The smallest absolute Gasteiger partial charge is 0.242 e. The number of guanidine groups is 1. The number of fused-ring (bicyclic) bond motifs is 1. The Morgan fingerprint density at radius 3 is 2.43 bits per heavy atom. The van der Waals surface area contributed by atoms with Crippen LogP contribution in [0.15, 0.2) is 53.7 Å². The summed E-state index contributed by atoms with van der Waals surface area (Å²) >= 11 is 0. The zero-order valence-electron chi connectivity index (χ0n) is 17.3. The van der Waals surface area contributed by atoms with Crippen molar-refractivity contribution in [2.45, 2.75) is 13.0 Å². The van der Waals surface area contributed by atoms with Gasteiger partial charge < -0.3 is 20.0 Å². The van der Waals surface area contributed by atoms with Crippen molar-refractivity contribution in [3.8, 4) is 0 Å². The van der Waals surface area contributed by atoms with Crippen LogP contribution >= 0.6 is 24.0 Å². The largest absolute Gasteiger partial charge is 0.353 e. The van der Waals surface area contributed by atoms with Crippen LogP contribution in [0, 0.1) is 0 Å². The summed E-state index contributed by atoms with van der Waals surface area (Å²) in [5.41, 5.74) is 2.60. The van der Waals surface area contributed by atoms with E-state index in [2.05, 4.69) is 43.3 Å². The van der Waals surface area contributed by atoms with Gasteiger partial charge in [0.1, 0.15) is 5.82 Å². The Bertz CT molecular complexity index is 867. The predicted molar refractivity (Wildman–Crippen MR) is 130 cm³/mol. The number of rotatable bonds is 3. The SMILES string of the molecule is CN=C(NCC(=O)N1CCc2ccccc2C1)N1CCN(c2ccccn2)CC1.I. The Labute approximate surface area is 195 Å². The number of carbonyl (C=O) groups excluding carboxylic acids is 1. The second-order valence-electron chi connectivity index (χ2n) is 7.40. The van der Waals surface area contributed by atoms with Crippen molar-refractivity contribution in [1.82, 2.24) is 20.1 Å². The number of halogens is 1. The van der Waals surface area contributed by atoms with Gasteiger partial charge in [-0.2, -0.15) is 0 Å². The topological polar surface area (TPSA) is 64.1 Å². The van der Waals surface area contributed by atoms with E-state index in [1.54, 1.807) is 7.05 Å². The number of nitrogens with one attached hydrogen (secondary N) is 1. The minimum atomic E-state index is 0. The molecule has 0 spiro atoms. The molecule has 0 atom stereocenters. The Morgan fingerprint density at radius 1 is 1.00 bits per heavy atom. The van der Waals surface area contributed by atoms with Crippen molar-refractivity contribution in [2.75, 3.05) is 51.2 Å². The van der Waals surface area contributed by atoms with E-state index >= 15 is 0 Å². The maximum atomic E-state index is 12.7. The fourth-order valence-electron chi connectivity index (χ4n) is 4.00. The number of pyridine rings is 1. The van der Waals surface area contributed by atoms with Crippen molar-refractivity contribution < 1.29 is 4.79 Å². The first-order valence-electron chi connectivity index (χ1n) is 10.2. The molecule has 160 valence electrons. The molecule has 4 rings (SSSR count). The molecule has 0 bridgehead atoms. The molecule has 0 unspecified atom stereocenters. The number of piperazine rings is 1. The van der Waals surface area contributed by atoms with Gasteiger partial charge in [0, 0.05) is 52.5 Å². The van der Waals surface area contributed by atoms with Gasteiger partial charge in [-0.25, -0.2) is 4.98 Å². The zero-order chi connectivity index (χ0) is 20.1. The first-order valence-corrected chi connectivity index (χ1v) is 10.2. The van der Waals surface area contributed by atoms with Gasteiger partial charge in [-0.15, -0.1) is 24.0 Å². The van der Waals surface area contributed by atoms with Gasteiger partial charge in [-0.05, 0) is 29.7 Å². The maximum absolute atomic E-state index is 12.7. The number of aromatic nitrogens is 1. The van der Waals surface area contributed by atoms with E-state index in [0.29, 0.717) is 6.54 Å². The Kier molecular flexibility index (Phi) is 7.89. The molecule has 30 heavy (non-hydrogen) atoms. The molecule has 8 heteroatoms. The molecule has 2 aliphatic rings. The lowest BCUT2D eigenvalue weighted by atomic mass is 10.00. The van der Waals surface area contributed by atoms with E-state index in [-0.39, 0.29) is 36.4 Å². The third-order valence-electron chi connectivity index (χ3n) is 5.65. The van der Waals surface area contributed by atoms with Crippen molar-refractivity contribution in [1.29, 1.82) is 0 Å². The molecular weight excluding hydrogens is 491 g/mol. The summed E-state index contributed by atoms with van der Waals surface area (Å²) in [6, 6.07) is 14.4. The number of carbonyl (C=O) groups is 1. The molecule has 2 aliphatic heterocycles. The van der Waals surface area contributed by atoms with Gasteiger partial charge in [0.15, 0.2) is 5.96 Å². The Balaban J connectivity index is 0.00000256. The van der Waals surface area contributed by atoms with E-state index < -0.39 is 0 Å². The highest BCUT2D eigenvalue weighted by molar-refractivity contribution is 14.0. The summed E-state index contributed by atoms with van der Waals surface area (Å²) in [6.07, 6.45) is 2.75. The fourth-order valence-corrected chi connectivity index (χ4v) is 4.00. The molecule has 0 aliphatic carbocycles. The van der Waals surface area contributed by atoms with Crippen molar-refractivity contribution in [3.63, 3.8) is 0 Å². The lowest BCUT2D eigenvalue weighted by Gasteiger charge is -2.37. The van der Waals surface area contributed by atoms with Crippen LogP contribution in [0.5, 0.6) is 0 Å². The van der Waals surface area contributed by atoms with Crippen molar-refractivity contribution in [3.05, 3.63) is 59.8 Å². The Morgan fingerprint density at radius 2 is 1.73 bits per heavy atom. The van der Waals surface area contributed by atoms with Gasteiger partial charge in [-0.1, -0.05) is 30.3 Å². The van der Waals surface area contributed by atoms with Gasteiger partial charge in [0.05, 0.1) is 6.54 Å². The monoisotopic (exact) mass is 520 g/mol. The number of anilines is 1. The highest BCUT2D eigenvalue weighted by atomic mass is 127. The Hall–Kier alpha value is -2.36. The summed E-state index contributed by atoms with van der Waals surface area (Å²) in [4.78, 5) is 28.0. The van der Waals surface area contributed by atoms with Crippen LogP contribution in [-0.4, -0.2) is 73.0 Å². The highest BCUT2D eigenvalue weighted by Gasteiger charge is 2.23. The summed E-state index contributed by atoms with van der Waals surface area (Å²) < 4.78 is 0. The predicted octanol–water partition coefficient (Wildman–Crippen LogP) is 1.98. The molecule has 1 amide bonds. The van der Waals surface area contributed by atoms with Crippen LogP contribution in [0.4, 0.5) is 5.82 Å². The molecule has 1 fully saturated rings. The first-order chi connectivity index (χ1) is 14.2. The van der Waals surface area contributed by atoms with E-state index in [9.17, 15) is 4.79 Å². The summed E-state index contributed by atoms with van der Waals surface area (Å²) in [5, 5.41) is 3.27. The van der Waals surface area contributed by atoms with E-state index in [4.69, 9.17) is 0 Å². The van der Waals surface area contributed by atoms with Crippen molar-refractivity contribution >= 4 is 41.7 Å². The average molecular weight is 520 g/mol. The summed E-state index contributed by atoms with van der Waals surface area (Å²) in [6.45, 7) is 5.21. The van der Waals surface area contributed by atoms with Crippen LogP contribution in [0.3, 0.4) is 0 Å². The third-order valence-corrected chi connectivity index (χ3v) is 5.65. The van der Waals surface area contributed by atoms with Crippen LogP contribution < -0.4 is 10.2 Å². The normalized spacial score (nSPS) is 16.6. The maximum Gasteiger partial charge on any atom is 0.242 e. The van der Waals surface area contributed by atoms with Crippen LogP contribution in [0.2, 0.25) is 0 Å². The lowest BCUT2D eigenvalue weighted by molar-refractivity contribution is -0.130. The highest BCUT2D eigenvalue weighted by Crippen LogP contribution is 2.18. The van der Waals surface area contributed by atoms with Gasteiger partial charge >= 0.3 is 0 Å². The number of hydrogen-bond acceptors (Lipinski definition) is 4. The molecule has 7 nitrogen and oxygen atoms in total. The number of aliphatic imine (C=N–C) groups is 1. The molecule has 1 aromatic carbocycles. The summed E-state index contributed by atoms with van der Waals surface area (Å²) in [5.74, 6) is 1.92. The molecule has 0 radical (unpaired) electrons. The number of benzene rings is 1. The molecule has 2 aromatic rings. The van der Waals surface area contributed by atoms with Crippen molar-refractivity contribution in [2.24, 2.45) is 4.99 Å². The first kappa shape index (κ1) is 22.3. The molecule has 1 saturated heterocycles. The molecular formula is C22H29IN6O. The molecule has 3 heterocycles. The van der Waals surface area contributed by atoms with Crippen LogP contribution in [-0.2, 0) is 17.8 Å². The minimum Gasteiger partial charge on any atom is -0.353 e. The molecule has 1 aromatic heterocycles. The minimum absolute atomic E-state index is 0.